The number of thioether (sulfide) groups is 1. The number of aromatic nitrogens is 3. The fourth-order valence-electron chi connectivity index (χ4n) is 3.49. The lowest BCUT2D eigenvalue weighted by Gasteiger charge is -2.33. The summed E-state index contributed by atoms with van der Waals surface area (Å²) in [6.07, 6.45) is 0.401. The van der Waals surface area contributed by atoms with E-state index in [9.17, 15) is 9.59 Å². The van der Waals surface area contributed by atoms with Gasteiger partial charge >= 0.3 is 5.97 Å². The number of benzene rings is 1. The summed E-state index contributed by atoms with van der Waals surface area (Å²) in [5.74, 6) is -0.274. The fraction of sp³-hybridized carbons (Fsp3) is 0.368. The number of hydrogen-bond donors (Lipinski definition) is 2. The molecule has 0 radical (unpaired) electrons. The molecule has 1 aliphatic heterocycles. The van der Waals surface area contributed by atoms with Crippen LogP contribution in [0.25, 0.3) is 10.9 Å². The maximum atomic E-state index is 12.9. The molecule has 0 fully saturated rings. The van der Waals surface area contributed by atoms with Gasteiger partial charge in [0.05, 0.1) is 25.4 Å². The third-order valence-electron chi connectivity index (χ3n) is 4.93. The zero-order chi connectivity index (χ0) is 20.5. The van der Waals surface area contributed by atoms with E-state index in [2.05, 4.69) is 15.2 Å². The zero-order valence-electron chi connectivity index (χ0n) is 16.0. The molecule has 1 amide bonds. The van der Waals surface area contributed by atoms with E-state index >= 15 is 0 Å². The molecule has 29 heavy (non-hydrogen) atoms. The Bertz CT molecular complexity index is 1060. The zero-order valence-corrected chi connectivity index (χ0v) is 16.9. The highest BCUT2D eigenvalue weighted by atomic mass is 32.2. The summed E-state index contributed by atoms with van der Waals surface area (Å²) in [6, 6.07) is 6.84. The number of nitrogens with two attached hydrogens (primary N) is 1. The van der Waals surface area contributed by atoms with Crippen molar-refractivity contribution in [3.63, 3.8) is 0 Å². The summed E-state index contributed by atoms with van der Waals surface area (Å²) in [5, 5.41) is 9.07. The van der Waals surface area contributed by atoms with Gasteiger partial charge in [-0.3, -0.25) is 4.79 Å². The smallest absolute Gasteiger partial charge is 0.328 e. The standard InChI is InChI=1S/C19H21N5O4S/c1-10(20)17-22-23-19(28-17)29-9-16(25)24-8-14-12(7-15(24)18(26)27-2)11-5-3-4-6-13(11)21-14/h3-6,10,15,21H,7-9,20H2,1-2H3. The number of carbonyl (C=O) groups excluding carboxylic acids is 2. The van der Waals surface area contributed by atoms with Crippen molar-refractivity contribution in [3.05, 3.63) is 41.4 Å². The Hall–Kier alpha value is -2.85. The second-order valence-corrected chi connectivity index (χ2v) is 7.80. The number of rotatable bonds is 5. The molecule has 0 saturated heterocycles. The lowest BCUT2D eigenvalue weighted by molar-refractivity contribution is -0.153. The van der Waals surface area contributed by atoms with Crippen LogP contribution in [0.15, 0.2) is 33.9 Å². The van der Waals surface area contributed by atoms with Gasteiger partial charge in [-0.2, -0.15) is 0 Å². The Kier molecular flexibility index (Phi) is 5.29. The molecule has 2 atom stereocenters. The van der Waals surface area contributed by atoms with E-state index in [0.29, 0.717) is 18.9 Å². The van der Waals surface area contributed by atoms with Gasteiger partial charge in [0.2, 0.25) is 11.8 Å². The Morgan fingerprint density at radius 1 is 1.41 bits per heavy atom. The number of fused-ring (bicyclic) bond motifs is 3. The highest BCUT2D eigenvalue weighted by Crippen LogP contribution is 2.31. The summed E-state index contributed by atoms with van der Waals surface area (Å²) in [7, 11) is 1.33. The average molecular weight is 415 g/mol. The van der Waals surface area contributed by atoms with Crippen molar-refractivity contribution >= 4 is 34.5 Å². The highest BCUT2D eigenvalue weighted by Gasteiger charge is 2.37. The van der Waals surface area contributed by atoms with E-state index in [1.165, 1.54) is 7.11 Å². The van der Waals surface area contributed by atoms with Crippen LogP contribution < -0.4 is 5.73 Å². The van der Waals surface area contributed by atoms with Crippen molar-refractivity contribution in [2.75, 3.05) is 12.9 Å². The third-order valence-corrected chi connectivity index (χ3v) is 5.73. The number of amides is 1. The maximum Gasteiger partial charge on any atom is 0.328 e. The number of carbonyl (C=O) groups is 2. The van der Waals surface area contributed by atoms with Crippen LogP contribution in [0.3, 0.4) is 0 Å². The maximum absolute atomic E-state index is 12.9. The molecule has 0 spiro atoms. The molecule has 9 nitrogen and oxygen atoms in total. The molecule has 3 N–H and O–H groups in total. The van der Waals surface area contributed by atoms with Gasteiger partial charge in [0.1, 0.15) is 6.04 Å². The van der Waals surface area contributed by atoms with Gasteiger partial charge in [-0.1, -0.05) is 30.0 Å². The molecule has 0 aliphatic carbocycles. The number of ether oxygens (including phenoxy) is 1. The van der Waals surface area contributed by atoms with Gasteiger partial charge in [-0.25, -0.2) is 4.79 Å². The molecule has 3 heterocycles. The van der Waals surface area contributed by atoms with Gasteiger partial charge in [0.25, 0.3) is 5.22 Å². The molecule has 10 heteroatoms. The van der Waals surface area contributed by atoms with Gasteiger partial charge in [-0.15, -0.1) is 10.2 Å². The van der Waals surface area contributed by atoms with E-state index in [1.807, 2.05) is 24.3 Å². The molecule has 0 bridgehead atoms. The van der Waals surface area contributed by atoms with Crippen molar-refractivity contribution in [2.24, 2.45) is 5.73 Å². The Morgan fingerprint density at radius 2 is 2.21 bits per heavy atom. The van der Waals surface area contributed by atoms with Crippen molar-refractivity contribution in [1.29, 1.82) is 0 Å². The fourth-order valence-corrected chi connectivity index (χ4v) is 4.14. The Morgan fingerprint density at radius 3 is 2.93 bits per heavy atom. The molecule has 1 aromatic carbocycles. The van der Waals surface area contributed by atoms with Crippen LogP contribution in [0.4, 0.5) is 0 Å². The predicted octanol–water partition coefficient (Wildman–Crippen LogP) is 1.79. The Labute approximate surface area is 171 Å². The van der Waals surface area contributed by atoms with Crippen molar-refractivity contribution in [1.82, 2.24) is 20.1 Å². The largest absolute Gasteiger partial charge is 0.467 e. The predicted molar refractivity (Wildman–Crippen MR) is 106 cm³/mol. The topological polar surface area (TPSA) is 127 Å². The molecule has 2 aromatic heterocycles. The molecule has 2 unspecified atom stereocenters. The molecule has 1 aliphatic rings. The van der Waals surface area contributed by atoms with Crippen molar-refractivity contribution in [3.8, 4) is 0 Å². The van der Waals surface area contributed by atoms with Crippen LogP contribution in [0.2, 0.25) is 0 Å². The van der Waals surface area contributed by atoms with Gasteiger partial charge in [0.15, 0.2) is 0 Å². The molecular weight excluding hydrogens is 394 g/mol. The van der Waals surface area contributed by atoms with E-state index in [4.69, 9.17) is 14.9 Å². The minimum atomic E-state index is -0.679. The van der Waals surface area contributed by atoms with E-state index in [-0.39, 0.29) is 22.9 Å². The summed E-state index contributed by atoms with van der Waals surface area (Å²) in [6.45, 7) is 2.04. The van der Waals surface area contributed by atoms with Crippen LogP contribution in [0.5, 0.6) is 0 Å². The first kappa shape index (κ1) is 19.5. The molecule has 4 rings (SSSR count). The molecule has 152 valence electrons. The first-order valence-electron chi connectivity index (χ1n) is 9.15. The number of esters is 1. The van der Waals surface area contributed by atoms with Crippen molar-refractivity contribution in [2.45, 2.75) is 37.2 Å². The van der Waals surface area contributed by atoms with E-state index < -0.39 is 12.0 Å². The first-order chi connectivity index (χ1) is 14.0. The van der Waals surface area contributed by atoms with Crippen LogP contribution in [-0.4, -0.2) is 50.9 Å². The average Bonchev–Trinajstić information content (AvgIpc) is 3.34. The van der Waals surface area contributed by atoms with Crippen molar-refractivity contribution < 1.29 is 18.7 Å². The third kappa shape index (κ3) is 3.73. The second-order valence-electron chi connectivity index (χ2n) is 6.88. The summed E-state index contributed by atoms with van der Waals surface area (Å²) >= 11 is 1.12. The SMILES string of the molecule is COC(=O)C1Cc2c([nH]c3ccccc23)CN1C(=O)CSc1nnc(C(C)N)o1. The minimum Gasteiger partial charge on any atom is -0.467 e. The summed E-state index contributed by atoms with van der Waals surface area (Å²) < 4.78 is 10.4. The molecule has 3 aromatic rings. The van der Waals surface area contributed by atoms with Gasteiger partial charge in [0, 0.05) is 23.0 Å². The van der Waals surface area contributed by atoms with Crippen LogP contribution >= 0.6 is 11.8 Å². The number of para-hydroxylation sites is 1. The van der Waals surface area contributed by atoms with Crippen LogP contribution in [-0.2, 0) is 27.3 Å². The van der Waals surface area contributed by atoms with E-state index in [0.717, 1.165) is 33.9 Å². The number of nitrogens with zero attached hydrogens (tertiary/aromatic N) is 3. The molecule has 0 saturated carbocycles. The highest BCUT2D eigenvalue weighted by molar-refractivity contribution is 7.99. The van der Waals surface area contributed by atoms with Crippen LogP contribution in [0.1, 0.15) is 30.1 Å². The number of H-pyrrole nitrogens is 1. The summed E-state index contributed by atoms with van der Waals surface area (Å²) in [5.41, 5.74) is 8.67. The van der Waals surface area contributed by atoms with Gasteiger partial charge in [-0.05, 0) is 18.6 Å². The quantitative estimate of drug-likeness (QED) is 0.477. The number of aromatic amines is 1. The number of hydrogen-bond acceptors (Lipinski definition) is 8. The first-order valence-corrected chi connectivity index (χ1v) is 10.1. The minimum absolute atomic E-state index is 0.0592. The molecular formula is C19H21N5O4S. The number of methoxy groups -OCH3 is 1. The summed E-state index contributed by atoms with van der Waals surface area (Å²) in [4.78, 5) is 30.3. The van der Waals surface area contributed by atoms with Gasteiger partial charge < -0.3 is 24.8 Å². The second kappa shape index (κ2) is 7.88. The van der Waals surface area contributed by atoms with E-state index in [1.54, 1.807) is 11.8 Å². The lowest BCUT2D eigenvalue weighted by atomic mass is 9.96. The normalized spacial score (nSPS) is 17.2. The monoisotopic (exact) mass is 415 g/mol. The lowest BCUT2D eigenvalue weighted by Crippen LogP contribution is -2.49. The Balaban J connectivity index is 1.55. The number of nitrogens with one attached hydrogen (secondary N) is 1. The van der Waals surface area contributed by atoms with Crippen LogP contribution in [0, 0.1) is 0 Å².